The van der Waals surface area contributed by atoms with Gasteiger partial charge >= 0.3 is 0 Å². The summed E-state index contributed by atoms with van der Waals surface area (Å²) in [6.07, 6.45) is 1.48. The molecule has 2 heterocycles. The van der Waals surface area contributed by atoms with Crippen molar-refractivity contribution >= 4 is 24.2 Å². The molecule has 0 spiro atoms. The molecule has 0 aromatic heterocycles. The van der Waals surface area contributed by atoms with E-state index in [1.165, 1.54) is 10.0 Å². The Morgan fingerprint density at radius 3 is 1.44 bits per heavy atom. The number of hydrogen-bond acceptors (Lipinski definition) is 9. The largest absolute Gasteiger partial charge is 0.497 e. The highest BCUT2D eigenvalue weighted by Gasteiger charge is 2.31. The van der Waals surface area contributed by atoms with Gasteiger partial charge in [0.15, 0.2) is 0 Å². The molecule has 0 saturated carbocycles. The van der Waals surface area contributed by atoms with E-state index in [9.17, 15) is 14.7 Å². The second-order valence-electron chi connectivity index (χ2n) is 11.3. The van der Waals surface area contributed by atoms with Crippen molar-refractivity contribution in [3.05, 3.63) is 119 Å². The molecule has 1 N–H and O–H groups in total. The second kappa shape index (κ2) is 14.8. The van der Waals surface area contributed by atoms with Crippen LogP contribution in [0.5, 0.6) is 23.0 Å². The third-order valence-corrected chi connectivity index (χ3v) is 8.36. The Morgan fingerprint density at radius 2 is 1.06 bits per heavy atom. The van der Waals surface area contributed by atoms with Crippen molar-refractivity contribution in [1.82, 2.24) is 10.0 Å². The van der Waals surface area contributed by atoms with E-state index in [1.54, 1.807) is 14.2 Å². The molecule has 246 valence electrons. The van der Waals surface area contributed by atoms with Crippen LogP contribution in [0.3, 0.4) is 0 Å². The monoisotopic (exact) mass is 648 g/mol. The zero-order valence-electron chi connectivity index (χ0n) is 26.6. The maximum Gasteiger partial charge on any atom is 0.230 e. The molecule has 0 saturated heterocycles. The molecule has 2 aliphatic heterocycles. The van der Waals surface area contributed by atoms with Crippen LogP contribution in [0.2, 0.25) is 0 Å². The molecule has 0 fully saturated rings. The molecule has 2 unspecified atom stereocenters. The van der Waals surface area contributed by atoms with Crippen molar-refractivity contribution in [3.63, 3.8) is 0 Å². The first-order chi connectivity index (χ1) is 23.5. The van der Waals surface area contributed by atoms with Gasteiger partial charge in [0.05, 0.1) is 37.7 Å². The summed E-state index contributed by atoms with van der Waals surface area (Å²) in [5.74, 6) is 2.54. The number of amides is 2. The third-order valence-electron chi connectivity index (χ3n) is 8.36. The topological polar surface area (TPSA) is 122 Å². The van der Waals surface area contributed by atoms with E-state index in [0.717, 1.165) is 46.6 Å². The first kappa shape index (κ1) is 32.3. The van der Waals surface area contributed by atoms with Crippen LogP contribution in [0.4, 0.5) is 0 Å². The maximum atomic E-state index is 11.9. The molecule has 0 bridgehead atoms. The molecule has 0 aliphatic carbocycles. The Bertz CT molecular complexity index is 1660. The zero-order valence-corrected chi connectivity index (χ0v) is 26.6. The summed E-state index contributed by atoms with van der Waals surface area (Å²) in [5, 5.41) is 22.8. The predicted molar refractivity (Wildman–Crippen MR) is 179 cm³/mol. The smallest absolute Gasteiger partial charge is 0.230 e. The SMILES string of the molecule is COc1ccc(C2CC(c3ccccc3OCC(O)COc3ccccc3C3=NN(C=O)C(c4ccc(OC)cc4)C3)=NN2C=O)cc1. The number of hydrogen-bond donors (Lipinski definition) is 1. The quantitative estimate of drug-likeness (QED) is 0.188. The molecule has 0 radical (unpaired) electrons. The number of carbonyl (C=O) groups excluding carboxylic acids is 2. The van der Waals surface area contributed by atoms with Gasteiger partial charge in [0.2, 0.25) is 12.8 Å². The lowest BCUT2D eigenvalue weighted by atomic mass is 9.98. The third kappa shape index (κ3) is 7.01. The molecule has 11 heteroatoms. The minimum Gasteiger partial charge on any atom is -0.497 e. The number of rotatable bonds is 14. The highest BCUT2D eigenvalue weighted by atomic mass is 16.5. The van der Waals surface area contributed by atoms with E-state index in [1.807, 2.05) is 97.1 Å². The van der Waals surface area contributed by atoms with Crippen molar-refractivity contribution in [2.75, 3.05) is 27.4 Å². The number of ether oxygens (including phenoxy) is 4. The summed E-state index contributed by atoms with van der Waals surface area (Å²) < 4.78 is 22.7. The number of aliphatic hydroxyl groups excluding tert-OH is 1. The number of hydrazone groups is 2. The molecular formula is C37H36N4O7. The van der Waals surface area contributed by atoms with Gasteiger partial charge in [-0.05, 0) is 59.7 Å². The van der Waals surface area contributed by atoms with E-state index >= 15 is 0 Å². The number of methoxy groups -OCH3 is 2. The standard InChI is InChI=1S/C37H36N4O7/c1-45-28-15-11-25(12-16-28)34-19-32(38-40(34)23-42)30-7-3-5-9-36(30)47-21-27(44)22-48-37-10-6-4-8-31(37)33-20-35(41(24-43)39-33)26-13-17-29(46-2)18-14-26/h3-18,23-24,27,34-35,44H,19-22H2,1-2H3. The van der Waals surface area contributed by atoms with E-state index in [4.69, 9.17) is 18.9 Å². The van der Waals surface area contributed by atoms with Crippen LogP contribution >= 0.6 is 0 Å². The Morgan fingerprint density at radius 1 is 0.667 bits per heavy atom. The average molecular weight is 649 g/mol. The lowest BCUT2D eigenvalue weighted by molar-refractivity contribution is -0.120. The molecule has 2 atom stereocenters. The van der Waals surface area contributed by atoms with Crippen molar-refractivity contribution in [2.24, 2.45) is 10.2 Å². The number of para-hydroxylation sites is 2. The molecule has 4 aromatic carbocycles. The first-order valence-electron chi connectivity index (χ1n) is 15.5. The average Bonchev–Trinajstić information content (AvgIpc) is 3.78. The van der Waals surface area contributed by atoms with Crippen molar-refractivity contribution in [2.45, 2.75) is 31.0 Å². The first-order valence-corrected chi connectivity index (χ1v) is 15.5. The number of benzene rings is 4. The van der Waals surface area contributed by atoms with Crippen LogP contribution < -0.4 is 18.9 Å². The van der Waals surface area contributed by atoms with Gasteiger partial charge in [0.25, 0.3) is 0 Å². The van der Waals surface area contributed by atoms with Gasteiger partial charge in [0, 0.05) is 24.0 Å². The van der Waals surface area contributed by atoms with Gasteiger partial charge in [-0.15, -0.1) is 0 Å². The molecule has 2 aliphatic rings. The van der Waals surface area contributed by atoms with E-state index in [2.05, 4.69) is 10.2 Å². The minimum atomic E-state index is -0.959. The summed E-state index contributed by atoms with van der Waals surface area (Å²) in [4.78, 5) is 23.8. The lowest BCUT2D eigenvalue weighted by Crippen LogP contribution is -2.26. The summed E-state index contributed by atoms with van der Waals surface area (Å²) in [5.41, 5.74) is 4.76. The second-order valence-corrected chi connectivity index (χ2v) is 11.3. The fourth-order valence-electron chi connectivity index (χ4n) is 5.85. The summed E-state index contributed by atoms with van der Waals surface area (Å²) in [6.45, 7) is -0.0731. The fraction of sp³-hybridized carbons (Fsp3) is 0.243. The van der Waals surface area contributed by atoms with Crippen LogP contribution in [0.15, 0.2) is 107 Å². The molecule has 48 heavy (non-hydrogen) atoms. The number of aliphatic hydroxyl groups is 1. The van der Waals surface area contributed by atoms with E-state index in [0.29, 0.717) is 35.8 Å². The van der Waals surface area contributed by atoms with Crippen LogP contribution in [-0.4, -0.2) is 72.9 Å². The number of nitrogens with zero attached hydrogens (tertiary/aromatic N) is 4. The van der Waals surface area contributed by atoms with Crippen LogP contribution in [0.25, 0.3) is 0 Å². The molecule has 6 rings (SSSR count). The van der Waals surface area contributed by atoms with Crippen molar-refractivity contribution in [3.8, 4) is 23.0 Å². The highest BCUT2D eigenvalue weighted by molar-refractivity contribution is 6.05. The predicted octanol–water partition coefficient (Wildman–Crippen LogP) is 5.14. The Kier molecular flexibility index (Phi) is 9.96. The van der Waals surface area contributed by atoms with Crippen LogP contribution in [0.1, 0.15) is 47.2 Å². The van der Waals surface area contributed by atoms with Gasteiger partial charge < -0.3 is 24.1 Å². The normalized spacial score (nSPS) is 17.7. The fourth-order valence-corrected chi connectivity index (χ4v) is 5.85. The summed E-state index contributed by atoms with van der Waals surface area (Å²) >= 11 is 0. The summed E-state index contributed by atoms with van der Waals surface area (Å²) in [7, 11) is 3.22. The van der Waals surface area contributed by atoms with Crippen LogP contribution in [-0.2, 0) is 9.59 Å². The van der Waals surface area contributed by atoms with Gasteiger partial charge in [-0.3, -0.25) is 9.59 Å². The Balaban J connectivity index is 1.09. The summed E-state index contributed by atoms with van der Waals surface area (Å²) in [6, 6.07) is 29.4. The van der Waals surface area contributed by atoms with Gasteiger partial charge in [-0.2, -0.15) is 10.2 Å². The maximum absolute atomic E-state index is 11.9. The highest BCUT2D eigenvalue weighted by Crippen LogP contribution is 2.36. The van der Waals surface area contributed by atoms with Gasteiger partial charge in [-0.25, -0.2) is 10.0 Å². The number of carbonyl (C=O) groups is 2. The zero-order chi connectivity index (χ0) is 33.5. The molecular weight excluding hydrogens is 612 g/mol. The minimum absolute atomic E-state index is 0.0365. The van der Waals surface area contributed by atoms with Crippen LogP contribution in [0, 0.1) is 0 Å². The molecule has 11 nitrogen and oxygen atoms in total. The van der Waals surface area contributed by atoms with Crippen molar-refractivity contribution < 1.29 is 33.6 Å². The van der Waals surface area contributed by atoms with E-state index in [-0.39, 0.29) is 25.3 Å². The Labute approximate surface area is 278 Å². The lowest BCUT2D eigenvalue weighted by Gasteiger charge is -2.18. The Hall–Kier alpha value is -5.68. The van der Waals surface area contributed by atoms with Crippen molar-refractivity contribution in [1.29, 1.82) is 0 Å². The van der Waals surface area contributed by atoms with Gasteiger partial charge in [-0.1, -0.05) is 48.5 Å². The van der Waals surface area contributed by atoms with E-state index < -0.39 is 6.10 Å². The molecule has 4 aromatic rings. The molecule has 2 amide bonds. The van der Waals surface area contributed by atoms with Gasteiger partial charge in [0.1, 0.15) is 42.3 Å².